The molecule has 1 atom stereocenters. The highest BCUT2D eigenvalue weighted by Crippen LogP contribution is 2.32. The molecule has 1 saturated carbocycles. The van der Waals surface area contributed by atoms with Crippen LogP contribution in [0, 0.1) is 5.92 Å². The third-order valence-corrected chi connectivity index (χ3v) is 2.97. The molecule has 1 aromatic carbocycles. The van der Waals surface area contributed by atoms with Crippen LogP contribution in [0.4, 0.5) is 0 Å². The predicted molar refractivity (Wildman–Crippen MR) is 64.1 cm³/mol. The van der Waals surface area contributed by atoms with Crippen LogP contribution in [0.3, 0.4) is 0 Å². The Kier molecular flexibility index (Phi) is 3.64. The Morgan fingerprint density at radius 3 is 3.00 bits per heavy atom. The molecule has 0 aromatic heterocycles. The number of methoxy groups -OCH3 is 1. The molecule has 0 radical (unpaired) electrons. The summed E-state index contributed by atoms with van der Waals surface area (Å²) < 4.78 is 5.05. The number of benzene rings is 1. The first-order valence-corrected chi connectivity index (χ1v) is 5.81. The minimum Gasteiger partial charge on any atom is -0.497 e. The van der Waals surface area contributed by atoms with E-state index >= 15 is 0 Å². The van der Waals surface area contributed by atoms with Gasteiger partial charge in [-0.05, 0) is 37.0 Å². The summed E-state index contributed by atoms with van der Waals surface area (Å²) in [6, 6.07) is 6.96. The van der Waals surface area contributed by atoms with Gasteiger partial charge in [-0.15, -0.1) is 0 Å². The number of aliphatic hydroxyl groups excluding tert-OH is 1. The van der Waals surface area contributed by atoms with Crippen molar-refractivity contribution in [2.75, 3.05) is 13.7 Å². The summed E-state index contributed by atoms with van der Waals surface area (Å²) in [5, 5.41) is 12.4. The number of carbonyl (C=O) groups excluding carboxylic acids is 1. The van der Waals surface area contributed by atoms with Crippen LogP contribution in [0.2, 0.25) is 0 Å². The molecule has 0 saturated heterocycles. The molecule has 1 aromatic rings. The third-order valence-electron chi connectivity index (χ3n) is 2.97. The van der Waals surface area contributed by atoms with Crippen LogP contribution in [-0.2, 0) is 0 Å². The van der Waals surface area contributed by atoms with Gasteiger partial charge in [0, 0.05) is 12.1 Å². The summed E-state index contributed by atoms with van der Waals surface area (Å²) in [6.07, 6.45) is 1.72. The van der Waals surface area contributed by atoms with E-state index in [1.165, 1.54) is 0 Å². The van der Waals surface area contributed by atoms with Gasteiger partial charge in [0.15, 0.2) is 0 Å². The fourth-order valence-electron chi connectivity index (χ4n) is 1.71. The van der Waals surface area contributed by atoms with Gasteiger partial charge in [0.25, 0.3) is 5.91 Å². The number of nitrogens with one attached hydrogen (secondary N) is 1. The molecule has 2 N–H and O–H groups in total. The molecule has 1 unspecified atom stereocenters. The Bertz CT molecular complexity index is 401. The zero-order chi connectivity index (χ0) is 12.3. The van der Waals surface area contributed by atoms with Gasteiger partial charge in [-0.25, -0.2) is 0 Å². The highest BCUT2D eigenvalue weighted by atomic mass is 16.5. The summed E-state index contributed by atoms with van der Waals surface area (Å²) in [5.74, 6) is 0.851. The first-order chi connectivity index (χ1) is 8.20. The first kappa shape index (κ1) is 11.9. The summed E-state index contributed by atoms with van der Waals surface area (Å²) >= 11 is 0. The third kappa shape index (κ3) is 3.20. The molecule has 2 rings (SSSR count). The van der Waals surface area contributed by atoms with Crippen LogP contribution in [0.15, 0.2) is 24.3 Å². The van der Waals surface area contributed by atoms with Crippen molar-refractivity contribution in [1.29, 1.82) is 0 Å². The average molecular weight is 235 g/mol. The zero-order valence-electron chi connectivity index (χ0n) is 9.85. The molecule has 0 bridgehead atoms. The minimum atomic E-state index is -0.412. The number of carbonyl (C=O) groups is 1. The second kappa shape index (κ2) is 5.19. The van der Waals surface area contributed by atoms with E-state index in [4.69, 9.17) is 4.74 Å². The number of amides is 1. The lowest BCUT2D eigenvalue weighted by Gasteiger charge is -2.11. The molecule has 1 aliphatic carbocycles. The van der Waals surface area contributed by atoms with E-state index in [0.717, 1.165) is 12.8 Å². The highest BCUT2D eigenvalue weighted by Gasteiger charge is 2.29. The van der Waals surface area contributed by atoms with Crippen LogP contribution < -0.4 is 10.1 Å². The van der Waals surface area contributed by atoms with Crippen LogP contribution in [0.25, 0.3) is 0 Å². The molecule has 4 nitrogen and oxygen atoms in total. The van der Waals surface area contributed by atoms with Crippen molar-refractivity contribution in [3.05, 3.63) is 29.8 Å². The molecule has 1 fully saturated rings. The second-order valence-electron chi connectivity index (χ2n) is 4.35. The quantitative estimate of drug-likeness (QED) is 0.806. The van der Waals surface area contributed by atoms with Crippen LogP contribution in [0.1, 0.15) is 23.2 Å². The van der Waals surface area contributed by atoms with Gasteiger partial charge in [-0.1, -0.05) is 6.07 Å². The maximum atomic E-state index is 11.8. The SMILES string of the molecule is COc1cccc(C(=O)NCC(O)C2CC2)c1. The van der Waals surface area contributed by atoms with Gasteiger partial charge in [-0.3, -0.25) is 4.79 Å². The monoisotopic (exact) mass is 235 g/mol. The van der Waals surface area contributed by atoms with Gasteiger partial charge in [0.05, 0.1) is 13.2 Å². The molecule has 0 spiro atoms. The number of ether oxygens (including phenoxy) is 1. The Morgan fingerprint density at radius 2 is 2.35 bits per heavy atom. The Morgan fingerprint density at radius 1 is 1.59 bits per heavy atom. The number of aliphatic hydroxyl groups is 1. The van der Waals surface area contributed by atoms with Crippen molar-refractivity contribution in [1.82, 2.24) is 5.32 Å². The van der Waals surface area contributed by atoms with Gasteiger partial charge < -0.3 is 15.2 Å². The number of hydrogen-bond donors (Lipinski definition) is 2. The van der Waals surface area contributed by atoms with Crippen molar-refractivity contribution >= 4 is 5.91 Å². The van der Waals surface area contributed by atoms with E-state index < -0.39 is 6.10 Å². The van der Waals surface area contributed by atoms with Gasteiger partial charge in [0.1, 0.15) is 5.75 Å². The summed E-state index contributed by atoms with van der Waals surface area (Å²) in [7, 11) is 1.56. The summed E-state index contributed by atoms with van der Waals surface area (Å²) in [4.78, 5) is 11.8. The van der Waals surface area contributed by atoms with Gasteiger partial charge >= 0.3 is 0 Å². The molecule has 4 heteroatoms. The lowest BCUT2D eigenvalue weighted by molar-refractivity contribution is 0.0901. The van der Waals surface area contributed by atoms with Crippen molar-refractivity contribution in [3.8, 4) is 5.75 Å². The number of rotatable bonds is 5. The predicted octanol–water partition coefficient (Wildman–Crippen LogP) is 1.20. The second-order valence-corrected chi connectivity index (χ2v) is 4.35. The molecule has 1 amide bonds. The lowest BCUT2D eigenvalue weighted by Crippen LogP contribution is -2.33. The van der Waals surface area contributed by atoms with Crippen molar-refractivity contribution in [2.45, 2.75) is 18.9 Å². The lowest BCUT2D eigenvalue weighted by atomic mass is 10.2. The normalized spacial score (nSPS) is 16.4. The molecular formula is C13H17NO3. The maximum Gasteiger partial charge on any atom is 0.251 e. The molecular weight excluding hydrogens is 218 g/mol. The summed E-state index contributed by atoms with van der Waals surface area (Å²) in [6.45, 7) is 0.320. The standard InChI is InChI=1S/C13H17NO3/c1-17-11-4-2-3-10(7-11)13(16)14-8-12(15)9-5-6-9/h2-4,7,9,12,15H,5-6,8H2,1H3,(H,14,16). The smallest absolute Gasteiger partial charge is 0.251 e. The highest BCUT2D eigenvalue weighted by molar-refractivity contribution is 5.94. The van der Waals surface area contributed by atoms with E-state index in [1.807, 2.05) is 0 Å². The van der Waals surface area contributed by atoms with Crippen LogP contribution in [0.5, 0.6) is 5.75 Å². The average Bonchev–Trinajstić information content (AvgIpc) is 3.19. The van der Waals surface area contributed by atoms with E-state index in [1.54, 1.807) is 31.4 Å². The molecule has 92 valence electrons. The topological polar surface area (TPSA) is 58.6 Å². The molecule has 1 aliphatic rings. The van der Waals surface area contributed by atoms with Crippen LogP contribution >= 0.6 is 0 Å². The van der Waals surface area contributed by atoms with Gasteiger partial charge in [0.2, 0.25) is 0 Å². The van der Waals surface area contributed by atoms with Crippen LogP contribution in [-0.4, -0.2) is 30.8 Å². The number of hydrogen-bond acceptors (Lipinski definition) is 3. The Balaban J connectivity index is 1.89. The summed E-state index contributed by atoms with van der Waals surface area (Å²) in [5.41, 5.74) is 0.548. The molecule has 0 heterocycles. The Labute approximate surface area is 101 Å². The first-order valence-electron chi connectivity index (χ1n) is 5.81. The van der Waals surface area contributed by atoms with E-state index in [0.29, 0.717) is 23.8 Å². The fraction of sp³-hybridized carbons (Fsp3) is 0.462. The molecule has 0 aliphatic heterocycles. The Hall–Kier alpha value is -1.55. The minimum absolute atomic E-state index is 0.177. The maximum absolute atomic E-state index is 11.8. The van der Waals surface area contributed by atoms with Crippen molar-refractivity contribution in [2.24, 2.45) is 5.92 Å². The van der Waals surface area contributed by atoms with Crippen molar-refractivity contribution < 1.29 is 14.6 Å². The van der Waals surface area contributed by atoms with E-state index in [2.05, 4.69) is 5.32 Å². The fourth-order valence-corrected chi connectivity index (χ4v) is 1.71. The van der Waals surface area contributed by atoms with E-state index in [9.17, 15) is 9.90 Å². The van der Waals surface area contributed by atoms with Gasteiger partial charge in [-0.2, -0.15) is 0 Å². The molecule has 17 heavy (non-hydrogen) atoms. The van der Waals surface area contributed by atoms with E-state index in [-0.39, 0.29) is 5.91 Å². The largest absolute Gasteiger partial charge is 0.497 e. The van der Waals surface area contributed by atoms with Crippen molar-refractivity contribution in [3.63, 3.8) is 0 Å². The zero-order valence-corrected chi connectivity index (χ0v) is 9.85.